The Labute approximate surface area is 109 Å². The molecule has 0 bridgehead atoms. The average Bonchev–Trinajstić information content (AvgIpc) is 2.33. The van der Waals surface area contributed by atoms with Crippen molar-refractivity contribution in [3.8, 4) is 5.75 Å². The standard InChI is InChI=1S/C14H14BrNO/c1-10-5-7-12(8-6-10)16-9-11-3-2-4-13(15)14(11)17/h2-8,16-17H,9H2,1H3. The first-order chi connectivity index (χ1) is 8.16. The van der Waals surface area contributed by atoms with Gasteiger partial charge in [-0.15, -0.1) is 0 Å². The Morgan fingerprint density at radius 1 is 1.12 bits per heavy atom. The Morgan fingerprint density at radius 2 is 1.82 bits per heavy atom. The summed E-state index contributed by atoms with van der Waals surface area (Å²) in [7, 11) is 0. The van der Waals surface area contributed by atoms with E-state index in [1.165, 1.54) is 5.56 Å². The van der Waals surface area contributed by atoms with Crippen LogP contribution in [0.2, 0.25) is 0 Å². The van der Waals surface area contributed by atoms with Crippen molar-refractivity contribution in [3.05, 3.63) is 58.1 Å². The van der Waals surface area contributed by atoms with E-state index >= 15 is 0 Å². The maximum atomic E-state index is 9.83. The van der Waals surface area contributed by atoms with E-state index in [2.05, 4.69) is 40.3 Å². The van der Waals surface area contributed by atoms with Crippen molar-refractivity contribution in [3.63, 3.8) is 0 Å². The number of phenols is 1. The number of halogens is 1. The van der Waals surface area contributed by atoms with Crippen LogP contribution < -0.4 is 5.32 Å². The number of nitrogens with one attached hydrogen (secondary N) is 1. The molecule has 0 fully saturated rings. The molecule has 0 heterocycles. The van der Waals surface area contributed by atoms with Crippen molar-refractivity contribution in [2.24, 2.45) is 0 Å². The number of para-hydroxylation sites is 1. The van der Waals surface area contributed by atoms with Crippen LogP contribution in [0.3, 0.4) is 0 Å². The van der Waals surface area contributed by atoms with Gasteiger partial charge in [0.05, 0.1) is 4.47 Å². The Kier molecular flexibility index (Phi) is 3.69. The highest BCUT2D eigenvalue weighted by Gasteiger charge is 2.03. The summed E-state index contributed by atoms with van der Waals surface area (Å²) < 4.78 is 0.723. The summed E-state index contributed by atoms with van der Waals surface area (Å²) in [5, 5.41) is 13.1. The Hall–Kier alpha value is -1.48. The number of anilines is 1. The van der Waals surface area contributed by atoms with Crippen molar-refractivity contribution in [2.45, 2.75) is 13.5 Å². The average molecular weight is 292 g/mol. The van der Waals surface area contributed by atoms with Crippen molar-refractivity contribution in [1.29, 1.82) is 0 Å². The van der Waals surface area contributed by atoms with E-state index in [1.54, 1.807) is 0 Å². The number of hydrogen-bond acceptors (Lipinski definition) is 2. The first-order valence-corrected chi connectivity index (χ1v) is 6.23. The van der Waals surface area contributed by atoms with Gasteiger partial charge in [-0.2, -0.15) is 0 Å². The fourth-order valence-corrected chi connectivity index (χ4v) is 1.98. The molecule has 0 aromatic heterocycles. The molecular weight excluding hydrogens is 278 g/mol. The molecule has 0 spiro atoms. The molecule has 2 rings (SSSR count). The molecule has 3 heteroatoms. The molecule has 17 heavy (non-hydrogen) atoms. The predicted octanol–water partition coefficient (Wildman–Crippen LogP) is 4.08. The van der Waals surface area contributed by atoms with Crippen molar-refractivity contribution >= 4 is 21.6 Å². The lowest BCUT2D eigenvalue weighted by molar-refractivity contribution is 0.465. The van der Waals surface area contributed by atoms with E-state index in [9.17, 15) is 5.11 Å². The van der Waals surface area contributed by atoms with Crippen LogP contribution in [0.4, 0.5) is 5.69 Å². The normalized spacial score (nSPS) is 10.2. The summed E-state index contributed by atoms with van der Waals surface area (Å²) in [4.78, 5) is 0. The number of aromatic hydroxyl groups is 1. The highest BCUT2D eigenvalue weighted by atomic mass is 79.9. The van der Waals surface area contributed by atoms with E-state index in [-0.39, 0.29) is 0 Å². The van der Waals surface area contributed by atoms with Gasteiger partial charge in [-0.05, 0) is 41.1 Å². The minimum Gasteiger partial charge on any atom is -0.506 e. The second kappa shape index (κ2) is 5.23. The SMILES string of the molecule is Cc1ccc(NCc2cccc(Br)c2O)cc1. The van der Waals surface area contributed by atoms with E-state index in [0.717, 1.165) is 15.7 Å². The zero-order chi connectivity index (χ0) is 12.3. The highest BCUT2D eigenvalue weighted by molar-refractivity contribution is 9.10. The van der Waals surface area contributed by atoms with Crippen LogP contribution >= 0.6 is 15.9 Å². The van der Waals surface area contributed by atoms with Gasteiger partial charge in [0.1, 0.15) is 5.75 Å². The molecule has 2 aromatic rings. The van der Waals surface area contributed by atoms with Gasteiger partial charge in [0.25, 0.3) is 0 Å². The minimum atomic E-state index is 0.298. The molecule has 88 valence electrons. The predicted molar refractivity (Wildman–Crippen MR) is 74.3 cm³/mol. The van der Waals surface area contributed by atoms with Crippen molar-refractivity contribution in [2.75, 3.05) is 5.32 Å². The van der Waals surface area contributed by atoms with Crippen LogP contribution in [0.15, 0.2) is 46.9 Å². The van der Waals surface area contributed by atoms with Crippen LogP contribution in [-0.2, 0) is 6.54 Å². The Bertz CT molecular complexity index is 508. The van der Waals surface area contributed by atoms with Crippen LogP contribution in [0, 0.1) is 6.92 Å². The summed E-state index contributed by atoms with van der Waals surface area (Å²) in [6.45, 7) is 2.66. The lowest BCUT2D eigenvalue weighted by Crippen LogP contribution is -1.99. The minimum absolute atomic E-state index is 0.298. The largest absolute Gasteiger partial charge is 0.506 e. The third-order valence-corrected chi connectivity index (χ3v) is 3.24. The van der Waals surface area contributed by atoms with Gasteiger partial charge in [0, 0.05) is 17.8 Å². The van der Waals surface area contributed by atoms with E-state index < -0.39 is 0 Å². The summed E-state index contributed by atoms with van der Waals surface area (Å²) in [5.74, 6) is 0.298. The fraction of sp³-hybridized carbons (Fsp3) is 0.143. The molecule has 0 saturated heterocycles. The Morgan fingerprint density at radius 3 is 2.53 bits per heavy atom. The summed E-state index contributed by atoms with van der Waals surface area (Å²) in [6, 6.07) is 13.8. The number of hydrogen-bond donors (Lipinski definition) is 2. The molecule has 2 nitrogen and oxygen atoms in total. The van der Waals surface area contributed by atoms with Crippen molar-refractivity contribution < 1.29 is 5.11 Å². The zero-order valence-electron chi connectivity index (χ0n) is 9.57. The molecule has 0 aliphatic carbocycles. The monoisotopic (exact) mass is 291 g/mol. The van der Waals surface area contributed by atoms with E-state index in [4.69, 9.17) is 0 Å². The van der Waals surface area contributed by atoms with Crippen LogP contribution in [0.25, 0.3) is 0 Å². The molecule has 0 aliphatic heterocycles. The quantitative estimate of drug-likeness (QED) is 0.893. The van der Waals surface area contributed by atoms with Gasteiger partial charge in [-0.25, -0.2) is 0 Å². The third kappa shape index (κ3) is 3.01. The number of benzene rings is 2. The van der Waals surface area contributed by atoms with Gasteiger partial charge >= 0.3 is 0 Å². The zero-order valence-corrected chi connectivity index (χ0v) is 11.2. The fourth-order valence-electron chi connectivity index (χ4n) is 1.57. The maximum Gasteiger partial charge on any atom is 0.134 e. The lowest BCUT2D eigenvalue weighted by atomic mass is 10.2. The van der Waals surface area contributed by atoms with Crippen LogP contribution in [0.1, 0.15) is 11.1 Å². The molecule has 0 atom stereocenters. The summed E-state index contributed by atoms with van der Waals surface area (Å²) >= 11 is 3.30. The van der Waals surface area contributed by atoms with Crippen LogP contribution in [0.5, 0.6) is 5.75 Å². The van der Waals surface area contributed by atoms with Gasteiger partial charge in [-0.1, -0.05) is 29.8 Å². The first kappa shape index (κ1) is 12.0. The molecule has 2 aromatic carbocycles. The summed E-state index contributed by atoms with van der Waals surface area (Å²) in [5.41, 5.74) is 3.16. The molecule has 0 saturated carbocycles. The third-order valence-electron chi connectivity index (χ3n) is 2.60. The van der Waals surface area contributed by atoms with Gasteiger partial charge in [0.2, 0.25) is 0 Å². The molecule has 0 unspecified atom stereocenters. The number of aryl methyl sites for hydroxylation is 1. The molecule has 0 amide bonds. The van der Waals surface area contributed by atoms with Gasteiger partial charge in [-0.3, -0.25) is 0 Å². The second-order valence-electron chi connectivity index (χ2n) is 3.97. The lowest BCUT2D eigenvalue weighted by Gasteiger charge is -2.09. The number of phenolic OH excluding ortho intramolecular Hbond substituents is 1. The smallest absolute Gasteiger partial charge is 0.134 e. The highest BCUT2D eigenvalue weighted by Crippen LogP contribution is 2.27. The van der Waals surface area contributed by atoms with Gasteiger partial charge in [0.15, 0.2) is 0 Å². The molecule has 2 N–H and O–H groups in total. The topological polar surface area (TPSA) is 32.3 Å². The Balaban J connectivity index is 2.07. The van der Waals surface area contributed by atoms with Gasteiger partial charge < -0.3 is 10.4 Å². The first-order valence-electron chi connectivity index (χ1n) is 5.44. The molecule has 0 radical (unpaired) electrons. The summed E-state index contributed by atoms with van der Waals surface area (Å²) in [6.07, 6.45) is 0. The van der Waals surface area contributed by atoms with Crippen LogP contribution in [-0.4, -0.2) is 5.11 Å². The van der Waals surface area contributed by atoms with E-state index in [0.29, 0.717) is 12.3 Å². The maximum absolute atomic E-state index is 9.83. The number of rotatable bonds is 3. The molecular formula is C14H14BrNO. The van der Waals surface area contributed by atoms with E-state index in [1.807, 2.05) is 30.3 Å². The molecule has 0 aliphatic rings. The second-order valence-corrected chi connectivity index (χ2v) is 4.82. The van der Waals surface area contributed by atoms with Crippen molar-refractivity contribution in [1.82, 2.24) is 0 Å².